The molecule has 2 unspecified atom stereocenters. The number of rotatable bonds is 2. The van der Waals surface area contributed by atoms with Crippen molar-refractivity contribution in [1.82, 2.24) is 5.06 Å². The summed E-state index contributed by atoms with van der Waals surface area (Å²) < 4.78 is 0. The summed E-state index contributed by atoms with van der Waals surface area (Å²) in [6.45, 7) is 0. The molecule has 19 heavy (non-hydrogen) atoms. The molecule has 7 heteroatoms. The van der Waals surface area contributed by atoms with Gasteiger partial charge in [0.15, 0.2) is 12.1 Å². The third-order valence-electron chi connectivity index (χ3n) is 2.72. The molecular formula is C12H11N3O4. The Hall–Kier alpha value is -2.43. The van der Waals surface area contributed by atoms with Crippen LogP contribution in [0.1, 0.15) is 5.56 Å². The number of hydrogen-bond donors (Lipinski definition) is 2. The second kappa shape index (κ2) is 5.06. The molecule has 2 rings (SSSR count). The summed E-state index contributed by atoms with van der Waals surface area (Å²) >= 11 is 0. The number of aliphatic hydroxyl groups excluding tert-OH is 1. The quantitative estimate of drug-likeness (QED) is 0.717. The molecule has 2 N–H and O–H groups in total. The highest BCUT2D eigenvalue weighted by Gasteiger charge is 2.45. The Labute approximate surface area is 109 Å². The van der Waals surface area contributed by atoms with Crippen LogP contribution in [0.3, 0.4) is 0 Å². The van der Waals surface area contributed by atoms with Crippen molar-refractivity contribution in [2.24, 2.45) is 5.92 Å². The molecule has 1 aromatic carbocycles. The van der Waals surface area contributed by atoms with Crippen molar-refractivity contribution in [3.8, 4) is 6.07 Å². The number of amides is 1. The van der Waals surface area contributed by atoms with Crippen LogP contribution in [0.15, 0.2) is 24.3 Å². The zero-order valence-corrected chi connectivity index (χ0v) is 10.0. The first-order valence-corrected chi connectivity index (χ1v) is 5.46. The van der Waals surface area contributed by atoms with Crippen LogP contribution in [0, 0.1) is 17.2 Å². The average Bonchev–Trinajstić information content (AvgIpc) is 2.64. The fraction of sp³-hybridized carbons (Fsp3) is 0.250. The van der Waals surface area contributed by atoms with E-state index in [4.69, 9.17) is 5.26 Å². The Morgan fingerprint density at radius 3 is 2.58 bits per heavy atom. The summed E-state index contributed by atoms with van der Waals surface area (Å²) in [6, 6.07) is 8.08. The Morgan fingerprint density at radius 1 is 1.47 bits per heavy atom. The molecule has 1 aliphatic heterocycles. The second-order valence-electron chi connectivity index (χ2n) is 4.03. The van der Waals surface area contributed by atoms with Gasteiger partial charge in [-0.3, -0.25) is 4.79 Å². The monoisotopic (exact) mass is 261 g/mol. The Morgan fingerprint density at radius 2 is 2.11 bits per heavy atom. The highest BCUT2D eigenvalue weighted by atomic mass is 16.7. The molecule has 7 nitrogen and oxygen atoms in total. The lowest BCUT2D eigenvalue weighted by atomic mass is 10.1. The normalized spacial score (nSPS) is 22.7. The average molecular weight is 261 g/mol. The zero-order chi connectivity index (χ0) is 14.0. The van der Waals surface area contributed by atoms with Gasteiger partial charge < -0.3 is 15.3 Å². The number of nitrogens with one attached hydrogen (secondary N) is 1. The highest BCUT2D eigenvalue weighted by molar-refractivity contribution is 6.05. The highest BCUT2D eigenvalue weighted by Crippen LogP contribution is 2.21. The largest absolute Gasteiger partial charge is 0.374 e. The number of aliphatic hydroxyl groups is 1. The lowest BCUT2D eigenvalue weighted by molar-refractivity contribution is -0.183. The molecule has 1 amide bonds. The van der Waals surface area contributed by atoms with Gasteiger partial charge in [0.1, 0.15) is 0 Å². The van der Waals surface area contributed by atoms with Crippen LogP contribution in [0.5, 0.6) is 0 Å². The SMILES string of the molecule is CN1OC(=O)C(C(=O)Nc2ccc(C#N)cc2)C1O. The molecule has 0 bridgehead atoms. The molecule has 98 valence electrons. The third kappa shape index (κ3) is 2.54. The topological polar surface area (TPSA) is 103 Å². The first kappa shape index (κ1) is 13.0. The maximum absolute atomic E-state index is 11.9. The molecule has 1 heterocycles. The maximum atomic E-state index is 11.9. The van der Waals surface area contributed by atoms with Crippen molar-refractivity contribution in [2.75, 3.05) is 12.4 Å². The van der Waals surface area contributed by atoms with E-state index in [1.807, 2.05) is 6.07 Å². The second-order valence-corrected chi connectivity index (χ2v) is 4.03. The van der Waals surface area contributed by atoms with E-state index in [0.29, 0.717) is 11.3 Å². The number of anilines is 1. The zero-order valence-electron chi connectivity index (χ0n) is 10.0. The van der Waals surface area contributed by atoms with Gasteiger partial charge in [-0.05, 0) is 24.3 Å². The molecular weight excluding hydrogens is 250 g/mol. The van der Waals surface area contributed by atoms with E-state index in [1.165, 1.54) is 31.3 Å². The molecule has 0 saturated carbocycles. The van der Waals surface area contributed by atoms with Crippen LogP contribution >= 0.6 is 0 Å². The van der Waals surface area contributed by atoms with E-state index in [0.717, 1.165) is 5.06 Å². The molecule has 1 saturated heterocycles. The molecule has 1 fully saturated rings. The number of carbonyl (C=O) groups excluding carboxylic acids is 2. The van der Waals surface area contributed by atoms with E-state index in [2.05, 4.69) is 10.2 Å². The number of nitrogens with zero attached hydrogens (tertiary/aromatic N) is 2. The van der Waals surface area contributed by atoms with Gasteiger partial charge in [0, 0.05) is 12.7 Å². The van der Waals surface area contributed by atoms with Gasteiger partial charge in [0.25, 0.3) is 0 Å². The summed E-state index contributed by atoms with van der Waals surface area (Å²) in [4.78, 5) is 27.9. The van der Waals surface area contributed by atoms with Gasteiger partial charge in [-0.25, -0.2) is 4.79 Å². The van der Waals surface area contributed by atoms with Gasteiger partial charge in [0.05, 0.1) is 11.6 Å². The Bertz CT molecular complexity index is 549. The van der Waals surface area contributed by atoms with Crippen molar-refractivity contribution in [1.29, 1.82) is 5.26 Å². The number of hydrogen-bond acceptors (Lipinski definition) is 6. The molecule has 0 aromatic heterocycles. The van der Waals surface area contributed by atoms with Crippen LogP contribution in [0.4, 0.5) is 5.69 Å². The molecule has 1 aromatic rings. The molecule has 2 atom stereocenters. The Kier molecular flexibility index (Phi) is 3.46. The van der Waals surface area contributed by atoms with E-state index >= 15 is 0 Å². The first-order valence-electron chi connectivity index (χ1n) is 5.46. The van der Waals surface area contributed by atoms with E-state index in [1.54, 1.807) is 0 Å². The standard InChI is InChI=1S/C12H11N3O4/c1-15-11(17)9(12(18)19-15)10(16)14-8-4-2-7(6-13)3-5-8/h2-5,9,11,17H,1H3,(H,14,16). The maximum Gasteiger partial charge on any atom is 0.341 e. The lowest BCUT2D eigenvalue weighted by Crippen LogP contribution is -2.37. The van der Waals surface area contributed by atoms with E-state index in [-0.39, 0.29) is 0 Å². The molecule has 1 aliphatic rings. The molecule has 0 spiro atoms. The van der Waals surface area contributed by atoms with Crippen molar-refractivity contribution >= 4 is 17.6 Å². The number of nitriles is 1. The van der Waals surface area contributed by atoms with Crippen molar-refractivity contribution < 1.29 is 19.5 Å². The van der Waals surface area contributed by atoms with Crippen molar-refractivity contribution in [3.63, 3.8) is 0 Å². The van der Waals surface area contributed by atoms with Crippen LogP contribution in [-0.4, -0.2) is 35.3 Å². The van der Waals surface area contributed by atoms with Crippen LogP contribution in [-0.2, 0) is 14.4 Å². The Balaban J connectivity index is 2.08. The number of benzene rings is 1. The van der Waals surface area contributed by atoms with Gasteiger partial charge in [-0.15, -0.1) is 5.06 Å². The minimum atomic E-state index is -1.31. The van der Waals surface area contributed by atoms with Crippen molar-refractivity contribution in [3.05, 3.63) is 29.8 Å². The number of carbonyl (C=O) groups is 2. The van der Waals surface area contributed by atoms with Crippen LogP contribution in [0.2, 0.25) is 0 Å². The lowest BCUT2D eigenvalue weighted by Gasteiger charge is -2.13. The van der Waals surface area contributed by atoms with Crippen molar-refractivity contribution in [2.45, 2.75) is 6.23 Å². The summed E-state index contributed by atoms with van der Waals surface area (Å²) in [5.74, 6) is -2.76. The summed E-state index contributed by atoms with van der Waals surface area (Å²) in [5, 5.41) is 21.7. The fourth-order valence-corrected chi connectivity index (χ4v) is 1.67. The van der Waals surface area contributed by atoms with E-state index in [9.17, 15) is 14.7 Å². The van der Waals surface area contributed by atoms with Gasteiger partial charge in [-0.2, -0.15) is 5.26 Å². The minimum absolute atomic E-state index is 0.429. The summed E-state index contributed by atoms with van der Waals surface area (Å²) in [6.07, 6.45) is -1.31. The first-order chi connectivity index (χ1) is 9.02. The third-order valence-corrected chi connectivity index (χ3v) is 2.72. The molecule has 0 aliphatic carbocycles. The van der Waals surface area contributed by atoms with Crippen LogP contribution < -0.4 is 5.32 Å². The number of hydroxylamine groups is 2. The molecule has 0 radical (unpaired) electrons. The smallest absolute Gasteiger partial charge is 0.341 e. The predicted octanol–water partition coefficient (Wildman–Crippen LogP) is -0.165. The van der Waals surface area contributed by atoms with Gasteiger partial charge in [0.2, 0.25) is 5.91 Å². The van der Waals surface area contributed by atoms with E-state index < -0.39 is 24.0 Å². The van der Waals surface area contributed by atoms with Gasteiger partial charge >= 0.3 is 5.97 Å². The summed E-state index contributed by atoms with van der Waals surface area (Å²) in [7, 11) is 1.36. The predicted molar refractivity (Wildman–Crippen MR) is 63.1 cm³/mol. The fourth-order valence-electron chi connectivity index (χ4n) is 1.67. The van der Waals surface area contributed by atoms with Gasteiger partial charge in [-0.1, -0.05) is 0 Å². The minimum Gasteiger partial charge on any atom is -0.374 e. The van der Waals surface area contributed by atoms with Crippen LogP contribution in [0.25, 0.3) is 0 Å². The summed E-state index contributed by atoms with van der Waals surface area (Å²) in [5.41, 5.74) is 0.886.